The van der Waals surface area contributed by atoms with Crippen molar-refractivity contribution in [2.24, 2.45) is 5.92 Å². The molecule has 1 fully saturated rings. The van der Waals surface area contributed by atoms with Gasteiger partial charge in [-0.25, -0.2) is 0 Å². The van der Waals surface area contributed by atoms with Gasteiger partial charge < -0.3 is 11.1 Å². The van der Waals surface area contributed by atoms with E-state index in [1.54, 1.807) is 0 Å². The molecule has 15 heavy (non-hydrogen) atoms. The Labute approximate surface area is 97.2 Å². The Morgan fingerprint density at radius 1 is 1.53 bits per heavy atom. The molecule has 3 nitrogen and oxygen atoms in total. The molecule has 4 heteroatoms. The molecule has 2 rings (SSSR count). The Morgan fingerprint density at radius 3 is 2.80 bits per heavy atom. The van der Waals surface area contributed by atoms with Crippen molar-refractivity contribution < 1.29 is 4.79 Å². The highest BCUT2D eigenvalue weighted by Gasteiger charge is 2.29. The van der Waals surface area contributed by atoms with Crippen LogP contribution in [0.5, 0.6) is 0 Å². The normalized spacial score (nSPS) is 15.1. The number of amides is 1. The number of nitrogens with one attached hydrogen (secondary N) is 1. The number of anilines is 2. The van der Waals surface area contributed by atoms with E-state index in [9.17, 15) is 4.79 Å². The van der Waals surface area contributed by atoms with Crippen LogP contribution in [-0.4, -0.2) is 5.91 Å². The van der Waals surface area contributed by atoms with Crippen LogP contribution >= 0.6 is 15.9 Å². The lowest BCUT2D eigenvalue weighted by molar-refractivity contribution is -0.117. The highest BCUT2D eigenvalue weighted by atomic mass is 79.9. The van der Waals surface area contributed by atoms with Crippen molar-refractivity contribution in [1.29, 1.82) is 0 Å². The Bertz CT molecular complexity index is 413. The number of carbonyl (C=O) groups excluding carboxylic acids is 1. The van der Waals surface area contributed by atoms with Crippen LogP contribution in [0.15, 0.2) is 16.6 Å². The molecule has 0 bridgehead atoms. The molecule has 1 amide bonds. The van der Waals surface area contributed by atoms with Gasteiger partial charge in [-0.05, 0) is 37.5 Å². The fourth-order valence-electron chi connectivity index (χ4n) is 1.44. The van der Waals surface area contributed by atoms with Gasteiger partial charge in [-0.3, -0.25) is 4.79 Å². The van der Waals surface area contributed by atoms with Crippen LogP contribution in [0.25, 0.3) is 0 Å². The smallest absolute Gasteiger partial charge is 0.227 e. The van der Waals surface area contributed by atoms with E-state index in [0.29, 0.717) is 11.4 Å². The third-order valence-electron chi connectivity index (χ3n) is 2.56. The van der Waals surface area contributed by atoms with Crippen LogP contribution in [0.3, 0.4) is 0 Å². The first-order valence-corrected chi connectivity index (χ1v) is 5.73. The standard InChI is InChI=1S/C11H13BrN2O/c1-6-4-8(12)5-9(10(6)13)14-11(15)7-2-3-7/h4-5,7H,2-3,13H2,1H3,(H,14,15). The van der Waals surface area contributed by atoms with E-state index in [2.05, 4.69) is 21.2 Å². The highest BCUT2D eigenvalue weighted by Crippen LogP contribution is 2.33. The van der Waals surface area contributed by atoms with Gasteiger partial charge in [0.05, 0.1) is 11.4 Å². The van der Waals surface area contributed by atoms with Crippen molar-refractivity contribution >= 4 is 33.2 Å². The summed E-state index contributed by atoms with van der Waals surface area (Å²) in [6, 6.07) is 3.77. The minimum Gasteiger partial charge on any atom is -0.397 e. The highest BCUT2D eigenvalue weighted by molar-refractivity contribution is 9.10. The van der Waals surface area contributed by atoms with Gasteiger partial charge in [0, 0.05) is 10.4 Å². The zero-order chi connectivity index (χ0) is 11.0. The first kappa shape index (κ1) is 10.5. The fourth-order valence-corrected chi connectivity index (χ4v) is 2.01. The summed E-state index contributed by atoms with van der Waals surface area (Å²) in [5.41, 5.74) is 8.21. The van der Waals surface area contributed by atoms with E-state index in [4.69, 9.17) is 5.73 Å². The molecule has 1 aliphatic carbocycles. The lowest BCUT2D eigenvalue weighted by Gasteiger charge is -2.10. The van der Waals surface area contributed by atoms with Crippen LogP contribution in [0.4, 0.5) is 11.4 Å². The average molecular weight is 269 g/mol. The molecule has 0 saturated heterocycles. The molecule has 0 unspecified atom stereocenters. The second-order valence-electron chi connectivity index (χ2n) is 3.95. The van der Waals surface area contributed by atoms with Gasteiger partial charge in [-0.2, -0.15) is 0 Å². The predicted octanol–water partition coefficient (Wildman–Crippen LogP) is 2.69. The first-order valence-electron chi connectivity index (χ1n) is 4.94. The maximum Gasteiger partial charge on any atom is 0.227 e. The Morgan fingerprint density at radius 2 is 2.20 bits per heavy atom. The molecule has 1 aliphatic rings. The minimum absolute atomic E-state index is 0.0826. The van der Waals surface area contributed by atoms with Gasteiger partial charge in [0.15, 0.2) is 0 Å². The second kappa shape index (κ2) is 3.85. The summed E-state index contributed by atoms with van der Waals surface area (Å²) in [6.07, 6.45) is 2.00. The molecular weight excluding hydrogens is 256 g/mol. The van der Waals surface area contributed by atoms with Gasteiger partial charge in [-0.15, -0.1) is 0 Å². The van der Waals surface area contributed by atoms with Crippen molar-refractivity contribution in [3.8, 4) is 0 Å². The van der Waals surface area contributed by atoms with E-state index in [-0.39, 0.29) is 11.8 Å². The Hall–Kier alpha value is -1.03. The first-order chi connectivity index (χ1) is 7.08. The molecular formula is C11H13BrN2O. The Balaban J connectivity index is 2.22. The van der Waals surface area contributed by atoms with E-state index in [1.807, 2.05) is 19.1 Å². The van der Waals surface area contributed by atoms with E-state index < -0.39 is 0 Å². The summed E-state index contributed by atoms with van der Waals surface area (Å²) >= 11 is 3.38. The third-order valence-corrected chi connectivity index (χ3v) is 3.02. The number of carbonyl (C=O) groups is 1. The van der Waals surface area contributed by atoms with Crippen molar-refractivity contribution in [1.82, 2.24) is 0 Å². The number of nitrogens with two attached hydrogens (primary N) is 1. The van der Waals surface area contributed by atoms with Crippen LogP contribution in [0.2, 0.25) is 0 Å². The van der Waals surface area contributed by atoms with Crippen LogP contribution in [0.1, 0.15) is 18.4 Å². The van der Waals surface area contributed by atoms with Gasteiger partial charge >= 0.3 is 0 Å². The molecule has 1 aromatic rings. The summed E-state index contributed by atoms with van der Waals surface area (Å²) in [4.78, 5) is 11.6. The maximum atomic E-state index is 11.6. The van der Waals surface area contributed by atoms with Crippen molar-refractivity contribution in [3.63, 3.8) is 0 Å². The zero-order valence-corrected chi connectivity index (χ0v) is 10.1. The molecule has 0 atom stereocenters. The molecule has 0 aromatic heterocycles. The zero-order valence-electron chi connectivity index (χ0n) is 8.51. The van der Waals surface area contributed by atoms with Gasteiger partial charge in [0.25, 0.3) is 0 Å². The van der Waals surface area contributed by atoms with Crippen LogP contribution in [0, 0.1) is 12.8 Å². The average Bonchev–Trinajstić information content (AvgIpc) is 2.96. The summed E-state index contributed by atoms with van der Waals surface area (Å²) in [5.74, 6) is 0.280. The molecule has 1 aromatic carbocycles. The number of nitrogen functional groups attached to an aromatic ring is 1. The molecule has 1 saturated carbocycles. The monoisotopic (exact) mass is 268 g/mol. The number of benzene rings is 1. The minimum atomic E-state index is 0.0826. The lowest BCUT2D eigenvalue weighted by Crippen LogP contribution is -2.14. The maximum absolute atomic E-state index is 11.6. The topological polar surface area (TPSA) is 55.1 Å². The largest absolute Gasteiger partial charge is 0.397 e. The fraction of sp³-hybridized carbons (Fsp3) is 0.364. The van der Waals surface area contributed by atoms with E-state index in [0.717, 1.165) is 22.9 Å². The summed E-state index contributed by atoms with van der Waals surface area (Å²) in [5, 5.41) is 2.86. The Kier molecular flexibility index (Phi) is 2.69. The molecule has 0 aliphatic heterocycles. The summed E-state index contributed by atoms with van der Waals surface area (Å²) < 4.78 is 0.931. The van der Waals surface area contributed by atoms with Crippen molar-refractivity contribution in [3.05, 3.63) is 22.2 Å². The molecule has 0 spiro atoms. The van der Waals surface area contributed by atoms with Crippen molar-refractivity contribution in [2.75, 3.05) is 11.1 Å². The number of rotatable bonds is 2. The SMILES string of the molecule is Cc1cc(Br)cc(NC(=O)C2CC2)c1N. The molecule has 0 heterocycles. The predicted molar refractivity (Wildman–Crippen MR) is 64.6 cm³/mol. The van der Waals surface area contributed by atoms with Gasteiger partial charge in [-0.1, -0.05) is 15.9 Å². The van der Waals surface area contributed by atoms with Crippen LogP contribution in [-0.2, 0) is 4.79 Å². The second-order valence-corrected chi connectivity index (χ2v) is 4.86. The number of hydrogen-bond acceptors (Lipinski definition) is 2. The van der Waals surface area contributed by atoms with Gasteiger partial charge in [0.2, 0.25) is 5.91 Å². The number of halogens is 1. The van der Waals surface area contributed by atoms with E-state index >= 15 is 0 Å². The molecule has 80 valence electrons. The lowest BCUT2D eigenvalue weighted by atomic mass is 10.1. The number of hydrogen-bond donors (Lipinski definition) is 2. The molecule has 0 radical (unpaired) electrons. The van der Waals surface area contributed by atoms with E-state index in [1.165, 1.54) is 0 Å². The molecule has 3 N–H and O–H groups in total. The quantitative estimate of drug-likeness (QED) is 0.811. The summed E-state index contributed by atoms with van der Waals surface area (Å²) in [7, 11) is 0. The third kappa shape index (κ3) is 2.31. The summed E-state index contributed by atoms with van der Waals surface area (Å²) in [6.45, 7) is 1.92. The van der Waals surface area contributed by atoms with Gasteiger partial charge in [0.1, 0.15) is 0 Å². The van der Waals surface area contributed by atoms with Crippen LogP contribution < -0.4 is 11.1 Å². The van der Waals surface area contributed by atoms with Crippen molar-refractivity contribution in [2.45, 2.75) is 19.8 Å². The number of aryl methyl sites for hydroxylation is 1.